The van der Waals surface area contributed by atoms with Crippen molar-refractivity contribution < 1.29 is 27.9 Å². The van der Waals surface area contributed by atoms with Crippen LogP contribution in [0.2, 0.25) is 0 Å². The van der Waals surface area contributed by atoms with Gasteiger partial charge in [-0.25, -0.2) is 22.3 Å². The fraction of sp³-hybridized carbons (Fsp3) is 0.870. The molecule has 1 aliphatic heterocycles. The number of hydrogen-bond donors (Lipinski definition) is 3. The first kappa shape index (κ1) is 30.2. The molecule has 0 aliphatic carbocycles. The molecular weight excluding hydrogens is 460 g/mol. The summed E-state index contributed by atoms with van der Waals surface area (Å²) >= 11 is 0. The quantitative estimate of drug-likeness (QED) is 0.462. The maximum absolute atomic E-state index is 13.5. The van der Waals surface area contributed by atoms with Crippen LogP contribution in [0.15, 0.2) is 0 Å². The van der Waals surface area contributed by atoms with E-state index < -0.39 is 56.9 Å². The van der Waals surface area contributed by atoms with Gasteiger partial charge in [-0.1, -0.05) is 55.4 Å². The minimum atomic E-state index is -3.45. The van der Waals surface area contributed by atoms with Crippen molar-refractivity contribution >= 4 is 27.9 Å². The number of carbonyl (C=O) groups is 3. The first-order valence-electron chi connectivity index (χ1n) is 11.7. The van der Waals surface area contributed by atoms with E-state index in [4.69, 9.17) is 0 Å². The minimum absolute atomic E-state index is 0.0627. The van der Waals surface area contributed by atoms with Crippen LogP contribution in [0.5, 0.6) is 0 Å². The van der Waals surface area contributed by atoms with E-state index in [1.165, 1.54) is 16.3 Å². The third-order valence-corrected chi connectivity index (χ3v) is 7.86. The highest BCUT2D eigenvalue weighted by molar-refractivity contribution is 7.88. The maximum Gasteiger partial charge on any atom is 0.326 e. The Morgan fingerprint density at radius 3 is 1.97 bits per heavy atom. The van der Waals surface area contributed by atoms with Crippen LogP contribution < -0.4 is 10.6 Å². The van der Waals surface area contributed by atoms with E-state index >= 15 is 0 Å². The standard InChI is InChI=1S/C23H44N4O6S/c1-14(2)15-11-12-27(17(15)20(29)30)19(28)18(23(6,7)8)25-21(31)24-16(22(3,4)5)13-26(9)34(10,32)33/h14-18H,11-13H2,1-10H3,(H,29,30)(H2,24,25,31)/t15?,16-,17+,18-/m1/s1. The molecule has 34 heavy (non-hydrogen) atoms. The molecule has 1 fully saturated rings. The first-order chi connectivity index (χ1) is 15.2. The third-order valence-electron chi connectivity index (χ3n) is 6.58. The van der Waals surface area contributed by atoms with Gasteiger partial charge in [-0.3, -0.25) is 4.79 Å². The molecule has 1 rings (SSSR count). The lowest BCUT2D eigenvalue weighted by Crippen LogP contribution is -2.61. The van der Waals surface area contributed by atoms with Crippen LogP contribution >= 0.6 is 0 Å². The lowest BCUT2D eigenvalue weighted by atomic mass is 9.84. The van der Waals surface area contributed by atoms with E-state index in [0.717, 1.165) is 6.26 Å². The number of carbonyl (C=O) groups excluding carboxylic acids is 2. The zero-order valence-electron chi connectivity index (χ0n) is 22.3. The van der Waals surface area contributed by atoms with E-state index in [-0.39, 0.29) is 18.4 Å². The number of amides is 3. The lowest BCUT2D eigenvalue weighted by molar-refractivity contribution is -0.151. The van der Waals surface area contributed by atoms with Crippen molar-refractivity contribution in [2.24, 2.45) is 22.7 Å². The van der Waals surface area contributed by atoms with Gasteiger partial charge in [-0.15, -0.1) is 0 Å². The van der Waals surface area contributed by atoms with Crippen LogP contribution in [-0.4, -0.2) is 85.2 Å². The van der Waals surface area contributed by atoms with E-state index in [1.807, 2.05) is 34.6 Å². The van der Waals surface area contributed by atoms with Gasteiger partial charge in [0.25, 0.3) is 0 Å². The summed E-state index contributed by atoms with van der Waals surface area (Å²) in [6, 6.07) is -3.05. The first-order valence-corrected chi connectivity index (χ1v) is 13.5. The van der Waals surface area contributed by atoms with Gasteiger partial charge in [0.2, 0.25) is 15.9 Å². The van der Waals surface area contributed by atoms with Gasteiger partial charge in [0.05, 0.1) is 6.26 Å². The Morgan fingerprint density at radius 2 is 1.59 bits per heavy atom. The molecule has 0 aromatic rings. The SMILES string of the molecule is CC(C)C1CCN(C(=O)[C@@H](NC(=O)N[C@H](CN(C)S(C)(=O)=O)C(C)(C)C)C(C)(C)C)[C@@H]1C(=O)O. The molecule has 3 N–H and O–H groups in total. The molecule has 1 saturated heterocycles. The number of carboxylic acids is 1. The zero-order chi connectivity index (χ0) is 26.8. The number of likely N-dealkylation sites (N-methyl/N-ethyl adjacent to an activating group) is 1. The van der Waals surface area contributed by atoms with Crippen LogP contribution in [0, 0.1) is 22.7 Å². The highest BCUT2D eigenvalue weighted by atomic mass is 32.2. The van der Waals surface area contributed by atoms with Crippen LogP contribution in [0.25, 0.3) is 0 Å². The van der Waals surface area contributed by atoms with Crippen LogP contribution in [-0.2, 0) is 19.6 Å². The molecule has 0 bridgehead atoms. The zero-order valence-corrected chi connectivity index (χ0v) is 23.1. The third kappa shape index (κ3) is 7.83. The summed E-state index contributed by atoms with van der Waals surface area (Å²) in [5, 5.41) is 15.4. The molecule has 0 aromatic carbocycles. The number of aliphatic carboxylic acids is 1. The number of hydrogen-bond acceptors (Lipinski definition) is 5. The van der Waals surface area contributed by atoms with Gasteiger partial charge in [-0.05, 0) is 29.1 Å². The molecule has 1 heterocycles. The second-order valence-electron chi connectivity index (χ2n) is 11.9. The number of sulfonamides is 1. The fourth-order valence-corrected chi connectivity index (χ4v) is 4.57. The van der Waals surface area contributed by atoms with Gasteiger partial charge >= 0.3 is 12.0 Å². The molecule has 0 saturated carbocycles. The number of nitrogens with one attached hydrogen (secondary N) is 2. The van der Waals surface area contributed by atoms with Gasteiger partial charge in [-0.2, -0.15) is 0 Å². The average Bonchev–Trinajstić information content (AvgIpc) is 3.08. The molecule has 0 radical (unpaired) electrons. The molecule has 0 aromatic heterocycles. The van der Waals surface area contributed by atoms with Gasteiger partial charge in [0.15, 0.2) is 0 Å². The highest BCUT2D eigenvalue weighted by Gasteiger charge is 2.47. The Labute approximate surface area is 204 Å². The van der Waals surface area contributed by atoms with Gasteiger partial charge in [0.1, 0.15) is 12.1 Å². The lowest BCUT2D eigenvalue weighted by Gasteiger charge is -2.37. The number of likely N-dealkylation sites (tertiary alicyclic amines) is 1. The van der Waals surface area contributed by atoms with Crippen molar-refractivity contribution in [3.05, 3.63) is 0 Å². The van der Waals surface area contributed by atoms with Gasteiger partial charge < -0.3 is 20.6 Å². The summed E-state index contributed by atoms with van der Waals surface area (Å²) in [7, 11) is -2.00. The maximum atomic E-state index is 13.5. The van der Waals surface area contributed by atoms with Crippen molar-refractivity contribution in [1.82, 2.24) is 19.8 Å². The summed E-state index contributed by atoms with van der Waals surface area (Å²) < 4.78 is 24.9. The van der Waals surface area contributed by atoms with Crippen molar-refractivity contribution in [2.75, 3.05) is 26.4 Å². The molecule has 1 aliphatic rings. The summed E-state index contributed by atoms with van der Waals surface area (Å²) in [5.74, 6) is -1.53. The second kappa shape index (κ2) is 10.8. The molecule has 3 amide bonds. The average molecular weight is 505 g/mol. The Bertz CT molecular complexity index is 860. The van der Waals surface area contributed by atoms with Crippen molar-refractivity contribution in [3.8, 4) is 0 Å². The molecule has 1 unspecified atom stereocenters. The van der Waals surface area contributed by atoms with E-state index in [0.29, 0.717) is 13.0 Å². The predicted octanol–water partition coefficient (Wildman–Crippen LogP) is 1.96. The monoisotopic (exact) mass is 504 g/mol. The van der Waals surface area contributed by atoms with E-state index in [2.05, 4.69) is 10.6 Å². The molecular formula is C23H44N4O6S. The summed E-state index contributed by atoms with van der Waals surface area (Å²) in [6.07, 6.45) is 1.69. The van der Waals surface area contributed by atoms with Crippen LogP contribution in [0.4, 0.5) is 4.79 Å². The molecule has 0 spiro atoms. The van der Waals surface area contributed by atoms with Crippen molar-refractivity contribution in [1.29, 1.82) is 0 Å². The fourth-order valence-electron chi connectivity index (χ4n) is 4.15. The highest BCUT2D eigenvalue weighted by Crippen LogP contribution is 2.33. The summed E-state index contributed by atoms with van der Waals surface area (Å²) in [5.41, 5.74) is -1.15. The van der Waals surface area contributed by atoms with Gasteiger partial charge in [0, 0.05) is 26.2 Å². The van der Waals surface area contributed by atoms with E-state index in [9.17, 15) is 27.9 Å². The Morgan fingerprint density at radius 1 is 1.06 bits per heavy atom. The molecule has 11 heteroatoms. The smallest absolute Gasteiger partial charge is 0.326 e. The number of urea groups is 1. The van der Waals surface area contributed by atoms with Crippen LogP contribution in [0.1, 0.15) is 61.8 Å². The predicted molar refractivity (Wildman–Crippen MR) is 132 cm³/mol. The Hall–Kier alpha value is -1.88. The molecule has 4 atom stereocenters. The van der Waals surface area contributed by atoms with Crippen LogP contribution in [0.3, 0.4) is 0 Å². The summed E-state index contributed by atoms with van der Waals surface area (Å²) in [6.45, 7) is 15.3. The number of carboxylic acid groups (broad SMARTS) is 1. The van der Waals surface area contributed by atoms with Crippen molar-refractivity contribution in [3.63, 3.8) is 0 Å². The molecule has 10 nitrogen and oxygen atoms in total. The summed E-state index contributed by atoms with van der Waals surface area (Å²) in [4.78, 5) is 39.9. The second-order valence-corrected chi connectivity index (χ2v) is 14.0. The molecule has 198 valence electrons. The van der Waals surface area contributed by atoms with Crippen molar-refractivity contribution in [2.45, 2.75) is 79.9 Å². The number of nitrogens with zero attached hydrogens (tertiary/aromatic N) is 2. The topological polar surface area (TPSA) is 136 Å². The number of rotatable bonds is 8. The Balaban J connectivity index is 3.13. The van der Waals surface area contributed by atoms with E-state index in [1.54, 1.807) is 20.8 Å². The Kier molecular flexibility index (Phi) is 9.58. The minimum Gasteiger partial charge on any atom is -0.480 e. The normalized spacial score (nSPS) is 21.5. The largest absolute Gasteiger partial charge is 0.480 e.